The molecule has 4 rings (SSSR count). The number of thiazole rings is 1. The van der Waals surface area contributed by atoms with Gasteiger partial charge in [0, 0.05) is 30.0 Å². The van der Waals surface area contributed by atoms with Gasteiger partial charge in [0.2, 0.25) is 6.23 Å². The van der Waals surface area contributed by atoms with E-state index in [9.17, 15) is 10.1 Å². The molecule has 9 nitrogen and oxygen atoms in total. The summed E-state index contributed by atoms with van der Waals surface area (Å²) in [6.07, 6.45) is 1.10. The van der Waals surface area contributed by atoms with Crippen LogP contribution < -0.4 is 0 Å². The van der Waals surface area contributed by atoms with E-state index in [-0.39, 0.29) is 12.0 Å². The topological polar surface area (TPSA) is 92.6 Å². The average Bonchev–Trinajstić information content (AvgIpc) is 3.03. The van der Waals surface area contributed by atoms with Crippen LogP contribution in [0.3, 0.4) is 0 Å². The van der Waals surface area contributed by atoms with Crippen LogP contribution in [0.5, 0.6) is 0 Å². The molecule has 0 amide bonds. The van der Waals surface area contributed by atoms with Crippen LogP contribution in [0.25, 0.3) is 10.8 Å². The van der Waals surface area contributed by atoms with E-state index in [1.54, 1.807) is 7.05 Å². The minimum atomic E-state index is -0.453. The van der Waals surface area contributed by atoms with Crippen molar-refractivity contribution in [2.75, 3.05) is 24.6 Å². The normalized spacial score (nSPS) is 24.7. The smallest absolute Gasteiger partial charge is 0.342 e. The molecule has 0 saturated carbocycles. The van der Waals surface area contributed by atoms with E-state index in [0.717, 1.165) is 30.3 Å². The van der Waals surface area contributed by atoms with E-state index in [1.165, 1.54) is 22.1 Å². The highest BCUT2D eigenvalue weighted by Crippen LogP contribution is 2.40. The summed E-state index contributed by atoms with van der Waals surface area (Å²) in [6, 6.07) is 0. The zero-order chi connectivity index (χ0) is 16.0. The fourth-order valence-electron chi connectivity index (χ4n) is 2.48. The van der Waals surface area contributed by atoms with Crippen molar-refractivity contribution in [2.45, 2.75) is 6.23 Å². The Labute approximate surface area is 139 Å². The van der Waals surface area contributed by atoms with Crippen molar-refractivity contribution >= 4 is 28.9 Å². The van der Waals surface area contributed by atoms with Crippen LogP contribution >= 0.6 is 23.1 Å². The lowest BCUT2D eigenvalue weighted by molar-refractivity contribution is -0.391. The second-order valence-electron chi connectivity index (χ2n) is 5.16. The maximum Gasteiger partial charge on any atom is 0.342 e. The van der Waals surface area contributed by atoms with E-state index >= 15 is 0 Å². The monoisotopic (exact) mass is 354 g/mol. The van der Waals surface area contributed by atoms with Gasteiger partial charge >= 0.3 is 5.82 Å². The summed E-state index contributed by atoms with van der Waals surface area (Å²) in [5.74, 6) is 2.65. The largest absolute Gasteiger partial charge is 0.358 e. The molecule has 122 valence electrons. The van der Waals surface area contributed by atoms with E-state index in [0.29, 0.717) is 10.8 Å². The molecule has 11 heteroatoms. The lowest BCUT2D eigenvalue weighted by Crippen LogP contribution is -2.37. The van der Waals surface area contributed by atoms with Crippen LogP contribution in [0.1, 0.15) is 11.9 Å². The van der Waals surface area contributed by atoms with E-state index in [2.05, 4.69) is 15.0 Å². The van der Waals surface area contributed by atoms with Gasteiger partial charge in [0.15, 0.2) is 5.01 Å². The van der Waals surface area contributed by atoms with Crippen LogP contribution in [-0.2, 0) is 11.9 Å². The molecule has 2 aromatic heterocycles. The Kier molecular flexibility index (Phi) is 3.81. The molecule has 0 N–H and O–H groups in total. The molecular weight excluding hydrogens is 340 g/mol. The van der Waals surface area contributed by atoms with Gasteiger partial charge in [-0.25, -0.2) is 19.5 Å². The van der Waals surface area contributed by atoms with Crippen LogP contribution in [0.4, 0.5) is 5.82 Å². The number of hydrogen-bond donors (Lipinski definition) is 0. The number of hydrazine groups is 1. The first kappa shape index (κ1) is 15.0. The number of nitrogens with zero attached hydrogens (tertiary/aromatic N) is 6. The van der Waals surface area contributed by atoms with Crippen molar-refractivity contribution in [3.63, 3.8) is 0 Å². The van der Waals surface area contributed by atoms with E-state index < -0.39 is 4.92 Å². The van der Waals surface area contributed by atoms with Gasteiger partial charge in [-0.2, -0.15) is 11.8 Å². The van der Waals surface area contributed by atoms with Crippen LogP contribution in [0, 0.1) is 10.1 Å². The predicted octanol–water partition coefficient (Wildman–Crippen LogP) is 1.66. The Morgan fingerprint density at radius 1 is 1.43 bits per heavy atom. The zero-order valence-electron chi connectivity index (χ0n) is 12.3. The maximum atomic E-state index is 10.9. The van der Waals surface area contributed by atoms with Gasteiger partial charge < -0.3 is 10.1 Å². The van der Waals surface area contributed by atoms with Crippen molar-refractivity contribution in [2.24, 2.45) is 7.05 Å². The molecule has 0 radical (unpaired) electrons. The number of rotatable bonds is 4. The summed E-state index contributed by atoms with van der Waals surface area (Å²) < 4.78 is 1.44. The quantitative estimate of drug-likeness (QED) is 0.465. The van der Waals surface area contributed by atoms with Crippen LogP contribution in [-0.4, -0.2) is 54.2 Å². The number of aromatic nitrogens is 3. The minimum absolute atomic E-state index is 0.0492. The van der Waals surface area contributed by atoms with Gasteiger partial charge in [-0.05, 0) is 4.92 Å². The van der Waals surface area contributed by atoms with Gasteiger partial charge in [0.05, 0.1) is 7.05 Å². The zero-order valence-corrected chi connectivity index (χ0v) is 13.9. The summed E-state index contributed by atoms with van der Waals surface area (Å²) >= 11 is 3.36. The summed E-state index contributed by atoms with van der Waals surface area (Å²) in [7, 11) is 1.62. The lowest BCUT2D eigenvalue weighted by atomic mass is 10.4. The first-order valence-corrected chi connectivity index (χ1v) is 9.09. The minimum Gasteiger partial charge on any atom is -0.358 e. The third-order valence-corrected chi connectivity index (χ3v) is 5.55. The Morgan fingerprint density at radius 2 is 2.22 bits per heavy atom. The standard InChI is InChI=1S/C12H14N6O3S2/c1-15-9(18(19)20)6-13-10(15)11-14-8(7-23-11)12-17(21-12)16-2-4-22-5-3-16/h6-7,12H,2-5H2,1H3. The van der Waals surface area contributed by atoms with E-state index in [4.69, 9.17) is 4.84 Å². The highest BCUT2D eigenvalue weighted by atomic mass is 32.2. The van der Waals surface area contributed by atoms with Gasteiger partial charge in [-0.1, -0.05) is 5.17 Å². The fraction of sp³-hybridized carbons (Fsp3) is 0.500. The van der Waals surface area contributed by atoms with Gasteiger partial charge in [0.25, 0.3) is 5.82 Å². The van der Waals surface area contributed by atoms with E-state index in [1.807, 2.05) is 22.3 Å². The number of hydroxylamine groups is 1. The highest BCUT2D eigenvalue weighted by Gasteiger charge is 2.45. The molecule has 2 aliphatic rings. The number of thioether (sulfide) groups is 1. The SMILES string of the molecule is Cn1c([N+](=O)[O-])cnc1-c1nc(C2ON2N2CCSCC2)cs1. The second-order valence-corrected chi connectivity index (χ2v) is 7.24. The fourth-order valence-corrected chi connectivity index (χ4v) is 4.22. The van der Waals surface area contributed by atoms with Crippen molar-refractivity contribution in [1.82, 2.24) is 24.7 Å². The Bertz CT molecular complexity index is 741. The second kappa shape index (κ2) is 5.83. The molecule has 2 saturated heterocycles. The molecule has 2 aliphatic heterocycles. The molecule has 2 aromatic rings. The molecule has 0 bridgehead atoms. The van der Waals surface area contributed by atoms with Crippen molar-refractivity contribution in [3.8, 4) is 10.8 Å². The van der Waals surface area contributed by atoms with Gasteiger partial charge in [-0.15, -0.1) is 11.3 Å². The molecule has 2 fully saturated rings. The molecule has 2 atom stereocenters. The first-order valence-electron chi connectivity index (χ1n) is 7.05. The highest BCUT2D eigenvalue weighted by molar-refractivity contribution is 7.99. The predicted molar refractivity (Wildman–Crippen MR) is 85.5 cm³/mol. The maximum absolute atomic E-state index is 10.9. The molecule has 4 heterocycles. The summed E-state index contributed by atoms with van der Waals surface area (Å²) in [4.78, 5) is 24.7. The number of hydrogen-bond acceptors (Lipinski definition) is 9. The molecule has 0 aliphatic carbocycles. The van der Waals surface area contributed by atoms with Gasteiger partial charge in [0.1, 0.15) is 11.9 Å². The number of imidazole rings is 1. The number of nitro groups is 1. The summed E-state index contributed by atoms with van der Waals surface area (Å²) in [5, 5.41) is 17.5. The van der Waals surface area contributed by atoms with Gasteiger partial charge in [-0.3, -0.25) is 4.84 Å². The van der Waals surface area contributed by atoms with Crippen LogP contribution in [0.15, 0.2) is 11.6 Å². The van der Waals surface area contributed by atoms with Crippen molar-refractivity contribution in [3.05, 3.63) is 27.4 Å². The third kappa shape index (κ3) is 2.74. The Hall–Kier alpha value is -1.53. The molecule has 0 aromatic carbocycles. The molecular formula is C12H14N6O3S2. The third-order valence-electron chi connectivity index (χ3n) is 3.75. The van der Waals surface area contributed by atoms with Crippen molar-refractivity contribution < 1.29 is 9.76 Å². The average molecular weight is 354 g/mol. The van der Waals surface area contributed by atoms with Crippen molar-refractivity contribution in [1.29, 1.82) is 0 Å². The summed E-state index contributed by atoms with van der Waals surface area (Å²) in [5.41, 5.74) is 0.814. The lowest BCUT2D eigenvalue weighted by Gasteiger charge is -2.24. The molecule has 0 spiro atoms. The van der Waals surface area contributed by atoms with Crippen LogP contribution in [0.2, 0.25) is 0 Å². The summed E-state index contributed by atoms with van der Waals surface area (Å²) in [6.45, 7) is 1.95. The Balaban J connectivity index is 1.51. The first-order chi connectivity index (χ1) is 11.1. The molecule has 23 heavy (non-hydrogen) atoms. The Morgan fingerprint density at radius 3 is 2.91 bits per heavy atom. The molecule has 2 unspecified atom stereocenters.